The van der Waals surface area contributed by atoms with Crippen LogP contribution in [0.4, 0.5) is 0 Å². The Balaban J connectivity index is 2.27. The molecule has 0 amide bonds. The van der Waals surface area contributed by atoms with E-state index in [-0.39, 0.29) is 6.61 Å². The zero-order chi connectivity index (χ0) is 11.4. The van der Waals surface area contributed by atoms with Crippen molar-refractivity contribution in [2.24, 2.45) is 5.73 Å². The van der Waals surface area contributed by atoms with Crippen LogP contribution in [-0.4, -0.2) is 21.9 Å². The molecule has 84 valence electrons. The van der Waals surface area contributed by atoms with E-state index in [1.54, 1.807) is 0 Å². The molecule has 0 aliphatic rings. The summed E-state index contributed by atoms with van der Waals surface area (Å²) in [7, 11) is 0. The molecule has 0 atom stereocenters. The molecule has 1 heterocycles. The third-order valence-corrected chi connectivity index (χ3v) is 2.21. The topological polar surface area (TPSA) is 85.2 Å². The fourth-order valence-electron chi connectivity index (χ4n) is 1.40. The van der Waals surface area contributed by atoms with Crippen molar-refractivity contribution in [3.8, 4) is 11.5 Å². The average Bonchev–Trinajstić information content (AvgIpc) is 2.78. The maximum atomic E-state index is 8.74. The molecule has 5 heteroatoms. The van der Waals surface area contributed by atoms with E-state index < -0.39 is 0 Å². The van der Waals surface area contributed by atoms with E-state index in [2.05, 4.69) is 10.1 Å². The third kappa shape index (κ3) is 2.26. The summed E-state index contributed by atoms with van der Waals surface area (Å²) >= 11 is 0. The highest BCUT2D eigenvalue weighted by Crippen LogP contribution is 2.18. The van der Waals surface area contributed by atoms with Gasteiger partial charge in [-0.15, -0.1) is 0 Å². The first-order valence-electron chi connectivity index (χ1n) is 5.06. The highest BCUT2D eigenvalue weighted by Gasteiger charge is 2.08. The fourth-order valence-corrected chi connectivity index (χ4v) is 1.40. The van der Waals surface area contributed by atoms with Crippen LogP contribution in [0, 0.1) is 0 Å². The molecule has 1 aromatic carbocycles. The van der Waals surface area contributed by atoms with E-state index in [1.165, 1.54) is 0 Å². The highest BCUT2D eigenvalue weighted by molar-refractivity contribution is 5.53. The zero-order valence-electron chi connectivity index (χ0n) is 8.76. The number of rotatable bonds is 4. The van der Waals surface area contributed by atoms with Crippen molar-refractivity contribution in [1.82, 2.24) is 10.1 Å². The van der Waals surface area contributed by atoms with Crippen LogP contribution in [0.25, 0.3) is 11.5 Å². The third-order valence-electron chi connectivity index (χ3n) is 2.21. The molecule has 0 bridgehead atoms. The number of aromatic nitrogens is 2. The van der Waals surface area contributed by atoms with E-state index in [4.69, 9.17) is 15.4 Å². The predicted molar refractivity (Wildman–Crippen MR) is 58.4 cm³/mol. The molecule has 3 N–H and O–H groups in total. The number of benzene rings is 1. The molecule has 5 nitrogen and oxygen atoms in total. The summed E-state index contributed by atoms with van der Waals surface area (Å²) in [6.07, 6.45) is 0.403. The minimum atomic E-state index is 0.0157. The van der Waals surface area contributed by atoms with Crippen molar-refractivity contribution in [2.45, 2.75) is 13.0 Å². The fraction of sp³-hybridized carbons (Fsp3) is 0.273. The van der Waals surface area contributed by atoms with E-state index in [0.29, 0.717) is 24.7 Å². The number of hydrogen-bond donors (Lipinski definition) is 2. The van der Waals surface area contributed by atoms with E-state index in [0.717, 1.165) is 11.1 Å². The minimum absolute atomic E-state index is 0.0157. The second-order valence-electron chi connectivity index (χ2n) is 3.39. The SMILES string of the molecule is NCc1cccc(-c2nc(CCO)no2)c1. The molecule has 0 radical (unpaired) electrons. The monoisotopic (exact) mass is 219 g/mol. The van der Waals surface area contributed by atoms with Gasteiger partial charge in [0.1, 0.15) is 0 Å². The Bertz CT molecular complexity index is 468. The quantitative estimate of drug-likeness (QED) is 0.791. The van der Waals surface area contributed by atoms with Gasteiger partial charge in [0.2, 0.25) is 0 Å². The van der Waals surface area contributed by atoms with Crippen molar-refractivity contribution < 1.29 is 9.63 Å². The molecule has 0 saturated heterocycles. The summed E-state index contributed by atoms with van der Waals surface area (Å²) < 4.78 is 5.09. The van der Waals surface area contributed by atoms with Gasteiger partial charge in [-0.3, -0.25) is 0 Å². The Morgan fingerprint density at radius 3 is 3.00 bits per heavy atom. The van der Waals surface area contributed by atoms with Crippen LogP contribution in [-0.2, 0) is 13.0 Å². The van der Waals surface area contributed by atoms with Crippen molar-refractivity contribution in [1.29, 1.82) is 0 Å². The number of nitrogens with zero attached hydrogens (tertiary/aromatic N) is 2. The van der Waals surface area contributed by atoms with E-state index in [9.17, 15) is 0 Å². The molecule has 2 rings (SSSR count). The smallest absolute Gasteiger partial charge is 0.257 e. The number of nitrogens with two attached hydrogens (primary N) is 1. The lowest BCUT2D eigenvalue weighted by atomic mass is 10.1. The van der Waals surface area contributed by atoms with Crippen molar-refractivity contribution in [3.63, 3.8) is 0 Å². The minimum Gasteiger partial charge on any atom is -0.396 e. The molecule has 16 heavy (non-hydrogen) atoms. The van der Waals surface area contributed by atoms with Crippen molar-refractivity contribution in [2.75, 3.05) is 6.61 Å². The van der Waals surface area contributed by atoms with Gasteiger partial charge in [0.15, 0.2) is 5.82 Å². The first-order chi connectivity index (χ1) is 7.83. The Labute approximate surface area is 92.9 Å². The molecule has 2 aromatic rings. The molecule has 0 spiro atoms. The summed E-state index contributed by atoms with van der Waals surface area (Å²) in [5.41, 5.74) is 7.41. The van der Waals surface area contributed by atoms with Crippen LogP contribution in [0.2, 0.25) is 0 Å². The molecule has 0 fully saturated rings. The second-order valence-corrected chi connectivity index (χ2v) is 3.39. The molecule has 0 saturated carbocycles. The average molecular weight is 219 g/mol. The van der Waals surface area contributed by atoms with Crippen LogP contribution in [0.15, 0.2) is 28.8 Å². The van der Waals surface area contributed by atoms with Gasteiger partial charge < -0.3 is 15.4 Å². The Kier molecular flexibility index (Phi) is 3.28. The molecule has 0 aliphatic carbocycles. The lowest BCUT2D eigenvalue weighted by molar-refractivity contribution is 0.293. The molecular formula is C11H13N3O2. The van der Waals surface area contributed by atoms with Gasteiger partial charge in [0.25, 0.3) is 5.89 Å². The van der Waals surface area contributed by atoms with Crippen LogP contribution in [0.1, 0.15) is 11.4 Å². The zero-order valence-corrected chi connectivity index (χ0v) is 8.76. The summed E-state index contributed by atoms with van der Waals surface area (Å²) in [5, 5.41) is 12.5. The van der Waals surface area contributed by atoms with E-state index >= 15 is 0 Å². The second kappa shape index (κ2) is 4.87. The number of aliphatic hydroxyl groups excluding tert-OH is 1. The van der Waals surface area contributed by atoms with E-state index in [1.807, 2.05) is 24.3 Å². The lowest BCUT2D eigenvalue weighted by Crippen LogP contribution is -1.96. The van der Waals surface area contributed by atoms with Crippen molar-refractivity contribution in [3.05, 3.63) is 35.7 Å². The first kappa shape index (κ1) is 10.8. The first-order valence-corrected chi connectivity index (χ1v) is 5.06. The summed E-state index contributed by atoms with van der Waals surface area (Å²) in [6.45, 7) is 0.493. The van der Waals surface area contributed by atoms with Gasteiger partial charge in [0.05, 0.1) is 6.61 Å². The Hall–Kier alpha value is -1.72. The molecular weight excluding hydrogens is 206 g/mol. The molecule has 0 aliphatic heterocycles. The Morgan fingerprint density at radius 2 is 2.25 bits per heavy atom. The summed E-state index contributed by atoms with van der Waals surface area (Å²) in [4.78, 5) is 4.17. The molecule has 1 aromatic heterocycles. The maximum Gasteiger partial charge on any atom is 0.257 e. The van der Waals surface area contributed by atoms with Gasteiger partial charge in [0, 0.05) is 18.5 Å². The molecule has 0 unspecified atom stereocenters. The van der Waals surface area contributed by atoms with Gasteiger partial charge in [-0.05, 0) is 17.7 Å². The predicted octanol–water partition coefficient (Wildman–Crippen LogP) is 0.730. The lowest BCUT2D eigenvalue weighted by Gasteiger charge is -1.97. The number of hydrogen-bond acceptors (Lipinski definition) is 5. The number of aliphatic hydroxyl groups is 1. The van der Waals surface area contributed by atoms with Crippen LogP contribution in [0.3, 0.4) is 0 Å². The summed E-state index contributed by atoms with van der Waals surface area (Å²) in [6, 6.07) is 7.63. The van der Waals surface area contributed by atoms with Gasteiger partial charge in [-0.1, -0.05) is 17.3 Å². The maximum absolute atomic E-state index is 8.74. The van der Waals surface area contributed by atoms with Crippen LogP contribution < -0.4 is 5.73 Å². The van der Waals surface area contributed by atoms with Crippen molar-refractivity contribution >= 4 is 0 Å². The largest absolute Gasteiger partial charge is 0.396 e. The van der Waals surface area contributed by atoms with Crippen LogP contribution in [0.5, 0.6) is 0 Å². The summed E-state index contributed by atoms with van der Waals surface area (Å²) in [5.74, 6) is 0.967. The normalized spacial score (nSPS) is 10.6. The van der Waals surface area contributed by atoms with Crippen LogP contribution >= 0.6 is 0 Å². The van der Waals surface area contributed by atoms with Gasteiger partial charge >= 0.3 is 0 Å². The highest BCUT2D eigenvalue weighted by atomic mass is 16.5. The Morgan fingerprint density at radius 1 is 1.38 bits per heavy atom. The standard InChI is InChI=1S/C11H13N3O2/c12-7-8-2-1-3-9(6-8)11-13-10(4-5-15)14-16-11/h1-3,6,15H,4-5,7,12H2. The van der Waals surface area contributed by atoms with Gasteiger partial charge in [-0.25, -0.2) is 0 Å². The van der Waals surface area contributed by atoms with Gasteiger partial charge in [-0.2, -0.15) is 4.98 Å².